The number of hydrogen-bond donors (Lipinski definition) is 0. The van der Waals surface area contributed by atoms with Crippen LogP contribution >= 0.6 is 22.9 Å². The molecule has 68 valence electrons. The molecule has 3 aromatic rings. The standard InChI is InChI=1S/C11H6ClNS/c12-8-3-1-7-2-4-10-11(9(7)5-8)13-6-14-10/h1-6H. The highest BCUT2D eigenvalue weighted by Gasteiger charge is 2.02. The summed E-state index contributed by atoms with van der Waals surface area (Å²) in [7, 11) is 0. The number of hydrogen-bond acceptors (Lipinski definition) is 2. The highest BCUT2D eigenvalue weighted by Crippen LogP contribution is 2.28. The lowest BCUT2D eigenvalue weighted by molar-refractivity contribution is 1.52. The van der Waals surface area contributed by atoms with Crippen LogP contribution in [-0.2, 0) is 0 Å². The fourth-order valence-corrected chi connectivity index (χ4v) is 2.48. The molecule has 0 unspecified atom stereocenters. The summed E-state index contributed by atoms with van der Waals surface area (Å²) in [4.78, 5) is 4.35. The molecule has 0 radical (unpaired) electrons. The molecule has 0 aliphatic heterocycles. The minimum atomic E-state index is 0.762. The summed E-state index contributed by atoms with van der Waals surface area (Å²) < 4.78 is 1.21. The first-order valence-corrected chi connectivity index (χ1v) is 5.52. The zero-order valence-corrected chi connectivity index (χ0v) is 8.77. The van der Waals surface area contributed by atoms with E-state index in [1.165, 1.54) is 10.1 Å². The van der Waals surface area contributed by atoms with Crippen molar-refractivity contribution in [2.75, 3.05) is 0 Å². The highest BCUT2D eigenvalue weighted by molar-refractivity contribution is 7.16. The number of halogens is 1. The minimum absolute atomic E-state index is 0.762. The maximum absolute atomic E-state index is 5.96. The summed E-state index contributed by atoms with van der Waals surface area (Å²) in [6.07, 6.45) is 0. The van der Waals surface area contributed by atoms with Crippen LogP contribution in [0.15, 0.2) is 35.8 Å². The van der Waals surface area contributed by atoms with Crippen LogP contribution in [0.3, 0.4) is 0 Å². The third-order valence-electron chi connectivity index (χ3n) is 2.28. The van der Waals surface area contributed by atoms with Gasteiger partial charge < -0.3 is 0 Å². The summed E-state index contributed by atoms with van der Waals surface area (Å²) in [5, 5.41) is 3.09. The molecule has 0 saturated heterocycles. The molecular weight excluding hydrogens is 214 g/mol. The first-order valence-electron chi connectivity index (χ1n) is 4.26. The first kappa shape index (κ1) is 8.21. The molecular formula is C11H6ClNS. The second-order valence-electron chi connectivity index (χ2n) is 3.13. The lowest BCUT2D eigenvalue weighted by atomic mass is 10.1. The lowest BCUT2D eigenvalue weighted by Gasteiger charge is -1.98. The van der Waals surface area contributed by atoms with Gasteiger partial charge in [0.1, 0.15) is 0 Å². The van der Waals surface area contributed by atoms with E-state index >= 15 is 0 Å². The monoisotopic (exact) mass is 219 g/mol. The summed E-state index contributed by atoms with van der Waals surface area (Å²) in [6, 6.07) is 10.1. The Bertz CT molecular complexity index is 615. The zero-order valence-electron chi connectivity index (χ0n) is 7.20. The fraction of sp³-hybridized carbons (Fsp3) is 0. The van der Waals surface area contributed by atoms with Crippen molar-refractivity contribution in [2.45, 2.75) is 0 Å². The topological polar surface area (TPSA) is 12.9 Å². The van der Waals surface area contributed by atoms with Gasteiger partial charge in [-0.3, -0.25) is 0 Å². The Balaban J connectivity index is 2.60. The van der Waals surface area contributed by atoms with Crippen molar-refractivity contribution >= 4 is 43.9 Å². The molecule has 1 aromatic heterocycles. The van der Waals surface area contributed by atoms with E-state index in [1.807, 2.05) is 23.7 Å². The number of aromatic nitrogens is 1. The molecule has 1 heterocycles. The number of thiazole rings is 1. The molecule has 0 saturated carbocycles. The number of benzene rings is 2. The van der Waals surface area contributed by atoms with Crippen LogP contribution in [-0.4, -0.2) is 4.98 Å². The van der Waals surface area contributed by atoms with Crippen LogP contribution in [0.5, 0.6) is 0 Å². The molecule has 0 amide bonds. The van der Waals surface area contributed by atoms with Gasteiger partial charge in [-0.2, -0.15) is 0 Å². The predicted molar refractivity (Wildman–Crippen MR) is 62.1 cm³/mol. The molecule has 0 N–H and O–H groups in total. The van der Waals surface area contributed by atoms with E-state index in [2.05, 4.69) is 17.1 Å². The molecule has 0 aliphatic carbocycles. The second kappa shape index (κ2) is 2.94. The molecule has 0 bridgehead atoms. The van der Waals surface area contributed by atoms with E-state index in [0.717, 1.165) is 15.9 Å². The van der Waals surface area contributed by atoms with Crippen LogP contribution in [0.4, 0.5) is 0 Å². The Morgan fingerprint density at radius 1 is 1.14 bits per heavy atom. The van der Waals surface area contributed by atoms with Crippen molar-refractivity contribution in [3.8, 4) is 0 Å². The van der Waals surface area contributed by atoms with E-state index in [0.29, 0.717) is 0 Å². The van der Waals surface area contributed by atoms with Gasteiger partial charge in [-0.1, -0.05) is 23.7 Å². The van der Waals surface area contributed by atoms with Gasteiger partial charge in [-0.15, -0.1) is 11.3 Å². The summed E-state index contributed by atoms with van der Waals surface area (Å²) in [6.45, 7) is 0. The predicted octanol–water partition coefficient (Wildman–Crippen LogP) is 4.10. The van der Waals surface area contributed by atoms with E-state index in [1.54, 1.807) is 11.3 Å². The van der Waals surface area contributed by atoms with Gasteiger partial charge in [0.2, 0.25) is 0 Å². The third kappa shape index (κ3) is 1.11. The van der Waals surface area contributed by atoms with Crippen LogP contribution < -0.4 is 0 Å². The number of rotatable bonds is 0. The Morgan fingerprint density at radius 2 is 2.00 bits per heavy atom. The van der Waals surface area contributed by atoms with Gasteiger partial charge >= 0.3 is 0 Å². The van der Waals surface area contributed by atoms with Gasteiger partial charge in [0.05, 0.1) is 15.7 Å². The van der Waals surface area contributed by atoms with Crippen molar-refractivity contribution in [3.63, 3.8) is 0 Å². The van der Waals surface area contributed by atoms with Crippen molar-refractivity contribution in [1.29, 1.82) is 0 Å². The summed E-state index contributed by atoms with van der Waals surface area (Å²) in [5.74, 6) is 0. The summed E-state index contributed by atoms with van der Waals surface area (Å²) in [5.41, 5.74) is 2.92. The van der Waals surface area contributed by atoms with E-state index in [-0.39, 0.29) is 0 Å². The maximum atomic E-state index is 5.96. The van der Waals surface area contributed by atoms with E-state index in [9.17, 15) is 0 Å². The smallest absolute Gasteiger partial charge is 0.0890 e. The highest BCUT2D eigenvalue weighted by atomic mass is 35.5. The molecule has 0 aliphatic rings. The van der Waals surface area contributed by atoms with Crippen LogP contribution in [0.25, 0.3) is 21.0 Å². The van der Waals surface area contributed by atoms with Gasteiger partial charge in [0, 0.05) is 10.4 Å². The molecule has 0 atom stereocenters. The van der Waals surface area contributed by atoms with Gasteiger partial charge in [-0.25, -0.2) is 4.98 Å². The number of nitrogens with zero attached hydrogens (tertiary/aromatic N) is 1. The Hall–Kier alpha value is -1.12. The largest absolute Gasteiger partial charge is 0.244 e. The Kier molecular flexibility index (Phi) is 1.72. The van der Waals surface area contributed by atoms with Crippen LogP contribution in [0.2, 0.25) is 5.02 Å². The minimum Gasteiger partial charge on any atom is -0.244 e. The first-order chi connectivity index (χ1) is 6.84. The second-order valence-corrected chi connectivity index (χ2v) is 4.45. The van der Waals surface area contributed by atoms with Gasteiger partial charge in [-0.05, 0) is 23.6 Å². The quantitative estimate of drug-likeness (QED) is 0.555. The average molecular weight is 220 g/mol. The van der Waals surface area contributed by atoms with E-state index in [4.69, 9.17) is 11.6 Å². The maximum Gasteiger partial charge on any atom is 0.0890 e. The molecule has 2 aromatic carbocycles. The van der Waals surface area contributed by atoms with Crippen molar-refractivity contribution < 1.29 is 0 Å². The van der Waals surface area contributed by atoms with Crippen molar-refractivity contribution in [1.82, 2.24) is 4.98 Å². The van der Waals surface area contributed by atoms with Crippen LogP contribution in [0.1, 0.15) is 0 Å². The van der Waals surface area contributed by atoms with Crippen molar-refractivity contribution in [2.24, 2.45) is 0 Å². The third-order valence-corrected chi connectivity index (χ3v) is 3.31. The van der Waals surface area contributed by atoms with Gasteiger partial charge in [0.25, 0.3) is 0 Å². The van der Waals surface area contributed by atoms with Gasteiger partial charge in [0.15, 0.2) is 0 Å². The normalized spacial score (nSPS) is 11.2. The Labute approximate surface area is 90.0 Å². The number of fused-ring (bicyclic) bond motifs is 3. The molecule has 0 fully saturated rings. The lowest BCUT2D eigenvalue weighted by Crippen LogP contribution is -1.75. The fourth-order valence-electron chi connectivity index (χ4n) is 1.62. The SMILES string of the molecule is Clc1ccc2ccc3scnc3c2c1. The molecule has 1 nitrogen and oxygen atoms in total. The summed E-state index contributed by atoms with van der Waals surface area (Å²) >= 11 is 7.62. The molecule has 0 spiro atoms. The molecule has 3 heteroatoms. The zero-order chi connectivity index (χ0) is 9.54. The molecule has 3 rings (SSSR count). The average Bonchev–Trinajstić information content (AvgIpc) is 2.65. The van der Waals surface area contributed by atoms with Crippen molar-refractivity contribution in [3.05, 3.63) is 40.9 Å². The van der Waals surface area contributed by atoms with Crippen LogP contribution in [0, 0.1) is 0 Å². The Morgan fingerprint density at radius 3 is 2.93 bits per heavy atom. The van der Waals surface area contributed by atoms with E-state index < -0.39 is 0 Å². The molecule has 14 heavy (non-hydrogen) atoms.